The standard InChI is InChI=1S/C17H32N6O/c1-4-18-17(19-12-15(2)14-23-7-5-6-21-23)20-13-16(3)22-8-10-24-11-9-22/h5-7,15-16H,4,8-14H2,1-3H3,(H2,18,19,20). The van der Waals surface area contributed by atoms with Gasteiger partial charge in [-0.25, -0.2) is 0 Å². The molecule has 1 aromatic heterocycles. The van der Waals surface area contributed by atoms with Crippen LogP contribution in [0.5, 0.6) is 0 Å². The Balaban J connectivity index is 1.76. The average Bonchev–Trinajstić information content (AvgIpc) is 3.10. The second-order valence-corrected chi connectivity index (χ2v) is 6.43. The Morgan fingerprint density at radius 2 is 2.08 bits per heavy atom. The van der Waals surface area contributed by atoms with E-state index in [1.54, 1.807) is 0 Å². The van der Waals surface area contributed by atoms with Crippen LogP contribution in [0, 0.1) is 5.92 Å². The molecule has 0 spiro atoms. The van der Waals surface area contributed by atoms with E-state index in [-0.39, 0.29) is 0 Å². The van der Waals surface area contributed by atoms with Gasteiger partial charge in [-0.2, -0.15) is 5.10 Å². The molecule has 7 nitrogen and oxygen atoms in total. The van der Waals surface area contributed by atoms with Gasteiger partial charge in [0.25, 0.3) is 0 Å². The molecule has 0 bridgehead atoms. The highest BCUT2D eigenvalue weighted by Crippen LogP contribution is 2.03. The SMILES string of the molecule is CCNC(=NCC(C)Cn1cccn1)NCC(C)N1CCOCC1. The van der Waals surface area contributed by atoms with Gasteiger partial charge in [-0.05, 0) is 25.8 Å². The first-order valence-corrected chi connectivity index (χ1v) is 9.00. The van der Waals surface area contributed by atoms with Gasteiger partial charge < -0.3 is 15.4 Å². The molecule has 0 aromatic carbocycles. The highest BCUT2D eigenvalue weighted by molar-refractivity contribution is 5.79. The summed E-state index contributed by atoms with van der Waals surface area (Å²) in [7, 11) is 0. The lowest BCUT2D eigenvalue weighted by molar-refractivity contribution is 0.0211. The maximum Gasteiger partial charge on any atom is 0.191 e. The van der Waals surface area contributed by atoms with Crippen molar-refractivity contribution < 1.29 is 4.74 Å². The minimum atomic E-state index is 0.442. The normalized spacial score (nSPS) is 19.0. The molecule has 24 heavy (non-hydrogen) atoms. The van der Waals surface area contributed by atoms with Crippen molar-refractivity contribution in [1.29, 1.82) is 0 Å². The Morgan fingerprint density at radius 3 is 2.75 bits per heavy atom. The first-order valence-electron chi connectivity index (χ1n) is 9.00. The molecule has 0 aliphatic carbocycles. The van der Waals surface area contributed by atoms with E-state index >= 15 is 0 Å². The summed E-state index contributed by atoms with van der Waals surface area (Å²) < 4.78 is 7.38. The first-order chi connectivity index (χ1) is 11.7. The maximum atomic E-state index is 5.42. The van der Waals surface area contributed by atoms with Crippen LogP contribution in [0.15, 0.2) is 23.5 Å². The lowest BCUT2D eigenvalue weighted by Crippen LogP contribution is -2.49. The van der Waals surface area contributed by atoms with Crippen molar-refractivity contribution >= 4 is 5.96 Å². The van der Waals surface area contributed by atoms with Crippen molar-refractivity contribution in [2.24, 2.45) is 10.9 Å². The fourth-order valence-corrected chi connectivity index (χ4v) is 2.77. The largest absolute Gasteiger partial charge is 0.379 e. The molecule has 1 saturated heterocycles. The van der Waals surface area contributed by atoms with Crippen LogP contribution in [0.4, 0.5) is 0 Å². The van der Waals surface area contributed by atoms with Gasteiger partial charge in [-0.3, -0.25) is 14.6 Å². The number of hydrogen-bond donors (Lipinski definition) is 2. The molecule has 0 amide bonds. The number of ether oxygens (including phenoxy) is 1. The molecule has 2 heterocycles. The molecule has 136 valence electrons. The second kappa shape index (κ2) is 10.3. The summed E-state index contributed by atoms with van der Waals surface area (Å²) in [4.78, 5) is 7.18. The monoisotopic (exact) mass is 336 g/mol. The quantitative estimate of drug-likeness (QED) is 0.543. The molecule has 1 fully saturated rings. The predicted molar refractivity (Wildman–Crippen MR) is 97.2 cm³/mol. The molecule has 1 aliphatic rings. The Morgan fingerprint density at radius 1 is 1.29 bits per heavy atom. The molecule has 0 saturated carbocycles. The van der Waals surface area contributed by atoms with Gasteiger partial charge in [0, 0.05) is 57.7 Å². The van der Waals surface area contributed by atoms with Crippen LogP contribution in [0.3, 0.4) is 0 Å². The van der Waals surface area contributed by atoms with Gasteiger partial charge in [0.1, 0.15) is 0 Å². The number of hydrogen-bond acceptors (Lipinski definition) is 4. The van der Waals surface area contributed by atoms with Crippen LogP contribution in [-0.4, -0.2) is 72.6 Å². The molecule has 1 aromatic rings. The van der Waals surface area contributed by atoms with Crippen LogP contribution >= 0.6 is 0 Å². The van der Waals surface area contributed by atoms with Crippen LogP contribution < -0.4 is 10.6 Å². The van der Waals surface area contributed by atoms with E-state index in [4.69, 9.17) is 9.73 Å². The van der Waals surface area contributed by atoms with Crippen LogP contribution in [0.1, 0.15) is 20.8 Å². The number of aliphatic imine (C=N–C) groups is 1. The number of morpholine rings is 1. The molecule has 2 atom stereocenters. The summed E-state index contributed by atoms with van der Waals surface area (Å²) >= 11 is 0. The number of rotatable bonds is 8. The molecular weight excluding hydrogens is 304 g/mol. The Hall–Kier alpha value is -1.60. The molecule has 2 unspecified atom stereocenters. The fourth-order valence-electron chi connectivity index (χ4n) is 2.77. The second-order valence-electron chi connectivity index (χ2n) is 6.43. The summed E-state index contributed by atoms with van der Waals surface area (Å²) in [5.41, 5.74) is 0. The highest BCUT2D eigenvalue weighted by Gasteiger charge is 2.17. The lowest BCUT2D eigenvalue weighted by atomic mass is 10.2. The zero-order chi connectivity index (χ0) is 17.2. The Bertz CT molecular complexity index is 469. The van der Waals surface area contributed by atoms with E-state index in [0.717, 1.165) is 58.4 Å². The van der Waals surface area contributed by atoms with Crippen molar-refractivity contribution in [1.82, 2.24) is 25.3 Å². The summed E-state index contributed by atoms with van der Waals surface area (Å²) in [5.74, 6) is 1.34. The summed E-state index contributed by atoms with van der Waals surface area (Å²) in [5, 5.41) is 11.0. The van der Waals surface area contributed by atoms with E-state index in [1.165, 1.54) is 0 Å². The topological polar surface area (TPSA) is 66.7 Å². The van der Waals surface area contributed by atoms with Gasteiger partial charge in [-0.1, -0.05) is 6.92 Å². The number of nitrogens with zero attached hydrogens (tertiary/aromatic N) is 4. The van der Waals surface area contributed by atoms with Crippen molar-refractivity contribution in [2.75, 3.05) is 45.9 Å². The Labute approximate surface area is 145 Å². The van der Waals surface area contributed by atoms with E-state index in [2.05, 4.69) is 41.4 Å². The Kier molecular flexibility index (Phi) is 8.04. The van der Waals surface area contributed by atoms with Gasteiger partial charge in [0.15, 0.2) is 5.96 Å². The summed E-state index contributed by atoms with van der Waals surface area (Å²) in [6.45, 7) is 13.7. The van der Waals surface area contributed by atoms with E-state index < -0.39 is 0 Å². The molecule has 7 heteroatoms. The number of guanidine groups is 1. The van der Waals surface area contributed by atoms with Gasteiger partial charge >= 0.3 is 0 Å². The third-order valence-corrected chi connectivity index (χ3v) is 4.20. The van der Waals surface area contributed by atoms with Crippen molar-refractivity contribution in [3.63, 3.8) is 0 Å². The predicted octanol–water partition coefficient (Wildman–Crippen LogP) is 0.795. The minimum absolute atomic E-state index is 0.442. The summed E-state index contributed by atoms with van der Waals surface area (Å²) in [6, 6.07) is 2.42. The third-order valence-electron chi connectivity index (χ3n) is 4.20. The van der Waals surface area contributed by atoms with E-state index in [0.29, 0.717) is 12.0 Å². The van der Waals surface area contributed by atoms with Crippen LogP contribution in [0.2, 0.25) is 0 Å². The molecular formula is C17H32N6O. The average molecular weight is 336 g/mol. The number of nitrogens with one attached hydrogen (secondary N) is 2. The first kappa shape index (κ1) is 18.7. The van der Waals surface area contributed by atoms with Crippen molar-refractivity contribution in [3.05, 3.63) is 18.5 Å². The minimum Gasteiger partial charge on any atom is -0.379 e. The zero-order valence-electron chi connectivity index (χ0n) is 15.2. The van der Waals surface area contributed by atoms with Crippen LogP contribution in [-0.2, 0) is 11.3 Å². The molecule has 0 radical (unpaired) electrons. The van der Waals surface area contributed by atoms with Gasteiger partial charge in [-0.15, -0.1) is 0 Å². The molecule has 2 rings (SSSR count). The molecule has 1 aliphatic heterocycles. The highest BCUT2D eigenvalue weighted by atomic mass is 16.5. The van der Waals surface area contributed by atoms with E-state index in [1.807, 2.05) is 23.1 Å². The van der Waals surface area contributed by atoms with Crippen LogP contribution in [0.25, 0.3) is 0 Å². The van der Waals surface area contributed by atoms with Gasteiger partial charge in [0.2, 0.25) is 0 Å². The fraction of sp³-hybridized carbons (Fsp3) is 0.765. The smallest absolute Gasteiger partial charge is 0.191 e. The van der Waals surface area contributed by atoms with Crippen molar-refractivity contribution in [3.8, 4) is 0 Å². The third kappa shape index (κ3) is 6.49. The summed E-state index contributed by atoms with van der Waals surface area (Å²) in [6.07, 6.45) is 3.81. The number of aromatic nitrogens is 2. The van der Waals surface area contributed by atoms with Crippen molar-refractivity contribution in [2.45, 2.75) is 33.4 Å². The lowest BCUT2D eigenvalue weighted by Gasteiger charge is -2.32. The van der Waals surface area contributed by atoms with Gasteiger partial charge in [0.05, 0.1) is 13.2 Å². The zero-order valence-corrected chi connectivity index (χ0v) is 15.2. The van der Waals surface area contributed by atoms with E-state index in [9.17, 15) is 0 Å². The molecule has 2 N–H and O–H groups in total. The maximum absolute atomic E-state index is 5.42.